The van der Waals surface area contributed by atoms with Crippen LogP contribution in [-0.4, -0.2) is 42.5 Å². The van der Waals surface area contributed by atoms with Crippen molar-refractivity contribution in [3.8, 4) is 0 Å². The molecular formula is C25H36N3O5P. The van der Waals surface area contributed by atoms with Crippen LogP contribution >= 0.6 is 7.52 Å². The third-order valence-electron chi connectivity index (χ3n) is 5.03. The predicted molar refractivity (Wildman–Crippen MR) is 133 cm³/mol. The molecule has 0 saturated carbocycles. The molecule has 2 aromatic rings. The minimum atomic E-state index is -3.54. The topological polar surface area (TPSA) is 120 Å². The zero-order chi connectivity index (χ0) is 25.4. The Morgan fingerprint density at radius 2 is 1.41 bits per heavy atom. The van der Waals surface area contributed by atoms with E-state index in [2.05, 4.69) is 10.4 Å². The molecule has 2 aromatic carbocycles. The van der Waals surface area contributed by atoms with E-state index in [4.69, 9.17) is 15.0 Å². The molecule has 186 valence electrons. The molecule has 8 nitrogen and oxygen atoms in total. The van der Waals surface area contributed by atoms with Crippen LogP contribution in [0.1, 0.15) is 38.8 Å². The van der Waals surface area contributed by atoms with Crippen molar-refractivity contribution in [3.05, 3.63) is 71.8 Å². The Kier molecular flexibility index (Phi) is 10.0. The first kappa shape index (κ1) is 27.7. The first-order valence-corrected chi connectivity index (χ1v) is 12.9. The number of hydrogen-bond acceptors (Lipinski definition) is 6. The van der Waals surface area contributed by atoms with Gasteiger partial charge in [-0.3, -0.25) is 9.36 Å². The molecule has 0 saturated heterocycles. The number of esters is 1. The second-order valence-electron chi connectivity index (χ2n) is 9.18. The number of amides is 1. The van der Waals surface area contributed by atoms with E-state index in [0.29, 0.717) is 0 Å². The second-order valence-corrected chi connectivity index (χ2v) is 11.8. The average Bonchev–Trinajstić information content (AvgIpc) is 2.78. The Hall–Kier alpha value is -2.51. The standard InChI is InChI=1S/C25H36N3O5P/c1-18(26)34(31,32-5)28-21(16-19-12-8-6-9-13-19)23(29)27-22(24(30)33-25(2,3)4)17-20-14-10-7-11-15-20/h6-15,18,21-22H,16-17,26H2,1-5H3,(H,27,29)(H,28,31)/t18-,21+,22+,34?/m1/s1. The molecule has 34 heavy (non-hydrogen) atoms. The van der Waals surface area contributed by atoms with Crippen LogP contribution in [-0.2, 0) is 36.3 Å². The number of benzene rings is 2. The fraction of sp³-hybridized carbons (Fsp3) is 0.440. The lowest BCUT2D eigenvalue weighted by Gasteiger charge is -2.29. The van der Waals surface area contributed by atoms with Crippen LogP contribution < -0.4 is 16.1 Å². The van der Waals surface area contributed by atoms with Crippen LogP contribution in [0.25, 0.3) is 0 Å². The largest absolute Gasteiger partial charge is 0.458 e. The molecule has 9 heteroatoms. The van der Waals surface area contributed by atoms with E-state index in [9.17, 15) is 14.2 Å². The van der Waals surface area contributed by atoms with Crippen molar-refractivity contribution in [1.29, 1.82) is 0 Å². The smallest absolute Gasteiger partial charge is 0.329 e. The van der Waals surface area contributed by atoms with Crippen molar-refractivity contribution >= 4 is 19.4 Å². The van der Waals surface area contributed by atoms with Gasteiger partial charge in [0.05, 0.1) is 11.8 Å². The van der Waals surface area contributed by atoms with Crippen LogP contribution in [0, 0.1) is 0 Å². The molecule has 0 bridgehead atoms. The molecule has 2 rings (SSSR count). The van der Waals surface area contributed by atoms with Gasteiger partial charge in [-0.1, -0.05) is 60.7 Å². The maximum absolute atomic E-state index is 13.4. The summed E-state index contributed by atoms with van der Waals surface area (Å²) in [5.74, 6) is -1.90. The van der Waals surface area contributed by atoms with E-state index in [1.54, 1.807) is 27.7 Å². The molecule has 4 atom stereocenters. The van der Waals surface area contributed by atoms with Gasteiger partial charge in [-0.15, -0.1) is 0 Å². The molecule has 0 aromatic heterocycles. The summed E-state index contributed by atoms with van der Waals surface area (Å²) >= 11 is 0. The third-order valence-corrected chi connectivity index (χ3v) is 7.32. The number of carbonyl (C=O) groups is 2. The zero-order valence-corrected chi connectivity index (χ0v) is 21.4. The molecular weight excluding hydrogens is 453 g/mol. The first-order chi connectivity index (χ1) is 15.9. The Labute approximate surface area is 202 Å². The summed E-state index contributed by atoms with van der Waals surface area (Å²) in [5, 5.41) is 5.63. The molecule has 0 radical (unpaired) electrons. The molecule has 1 amide bonds. The average molecular weight is 490 g/mol. The number of nitrogens with two attached hydrogens (primary N) is 1. The number of ether oxygens (including phenoxy) is 1. The number of carbonyl (C=O) groups excluding carboxylic acids is 2. The van der Waals surface area contributed by atoms with E-state index < -0.39 is 42.9 Å². The van der Waals surface area contributed by atoms with Crippen LogP contribution in [0.3, 0.4) is 0 Å². The lowest BCUT2D eigenvalue weighted by Crippen LogP contribution is -2.53. The number of hydrogen-bond donors (Lipinski definition) is 3. The zero-order valence-electron chi connectivity index (χ0n) is 20.5. The molecule has 0 heterocycles. The number of rotatable bonds is 11. The fourth-order valence-corrected chi connectivity index (χ4v) is 4.60. The summed E-state index contributed by atoms with van der Waals surface area (Å²) in [6.45, 7) is 6.85. The van der Waals surface area contributed by atoms with Gasteiger partial charge in [0.25, 0.3) is 7.52 Å². The monoisotopic (exact) mass is 489 g/mol. The SMILES string of the molecule is COP(=O)(N[C@@H](Cc1ccccc1)C(=O)N[C@@H](Cc1ccccc1)C(=O)OC(C)(C)C)[C@H](C)N. The van der Waals surface area contributed by atoms with Gasteiger partial charge in [-0.05, 0) is 45.2 Å². The van der Waals surface area contributed by atoms with E-state index >= 15 is 0 Å². The van der Waals surface area contributed by atoms with Crippen molar-refractivity contribution in [1.82, 2.24) is 10.4 Å². The summed E-state index contributed by atoms with van der Waals surface area (Å²) in [5.41, 5.74) is 6.88. The maximum atomic E-state index is 13.4. The maximum Gasteiger partial charge on any atom is 0.329 e. The summed E-state index contributed by atoms with van der Waals surface area (Å²) in [7, 11) is -2.25. The van der Waals surface area contributed by atoms with Gasteiger partial charge in [0, 0.05) is 13.5 Å². The van der Waals surface area contributed by atoms with Gasteiger partial charge in [-0.2, -0.15) is 0 Å². The van der Waals surface area contributed by atoms with Gasteiger partial charge in [-0.25, -0.2) is 9.88 Å². The summed E-state index contributed by atoms with van der Waals surface area (Å²) in [4.78, 5) is 26.4. The third kappa shape index (κ3) is 8.69. The highest BCUT2D eigenvalue weighted by molar-refractivity contribution is 7.57. The summed E-state index contributed by atoms with van der Waals surface area (Å²) < 4.78 is 23.9. The first-order valence-electron chi connectivity index (χ1n) is 11.2. The van der Waals surface area contributed by atoms with Crippen LogP contribution in [0.2, 0.25) is 0 Å². The van der Waals surface area contributed by atoms with Crippen molar-refractivity contribution in [3.63, 3.8) is 0 Å². The van der Waals surface area contributed by atoms with Crippen molar-refractivity contribution in [2.75, 3.05) is 7.11 Å². The van der Waals surface area contributed by atoms with Gasteiger partial charge in [0.1, 0.15) is 11.6 Å². The van der Waals surface area contributed by atoms with E-state index in [1.165, 1.54) is 7.11 Å². The van der Waals surface area contributed by atoms with E-state index in [0.717, 1.165) is 11.1 Å². The Morgan fingerprint density at radius 3 is 1.82 bits per heavy atom. The van der Waals surface area contributed by atoms with Crippen molar-refractivity contribution in [2.24, 2.45) is 5.73 Å². The quantitative estimate of drug-likeness (QED) is 0.327. The van der Waals surface area contributed by atoms with E-state index in [1.807, 2.05) is 60.7 Å². The molecule has 0 aliphatic rings. The summed E-state index contributed by atoms with van der Waals surface area (Å²) in [6.07, 6.45) is 0.466. The molecule has 4 N–H and O–H groups in total. The Bertz CT molecular complexity index is 977. The minimum Gasteiger partial charge on any atom is -0.458 e. The van der Waals surface area contributed by atoms with Gasteiger partial charge in [0.2, 0.25) is 5.91 Å². The molecule has 0 aliphatic heterocycles. The molecule has 1 unspecified atom stereocenters. The normalized spacial score (nSPS) is 16.1. The summed E-state index contributed by atoms with van der Waals surface area (Å²) in [6, 6.07) is 16.7. The molecule has 0 fully saturated rings. The van der Waals surface area contributed by atoms with Gasteiger partial charge < -0.3 is 20.3 Å². The fourth-order valence-electron chi connectivity index (χ4n) is 3.29. The highest BCUT2D eigenvalue weighted by atomic mass is 31.2. The van der Waals surface area contributed by atoms with Crippen LogP contribution in [0.5, 0.6) is 0 Å². The minimum absolute atomic E-state index is 0.221. The highest BCUT2D eigenvalue weighted by Gasteiger charge is 2.35. The van der Waals surface area contributed by atoms with Crippen molar-refractivity contribution in [2.45, 2.75) is 64.0 Å². The van der Waals surface area contributed by atoms with Crippen molar-refractivity contribution < 1.29 is 23.4 Å². The second kappa shape index (κ2) is 12.3. The van der Waals surface area contributed by atoms with Crippen LogP contribution in [0.4, 0.5) is 0 Å². The Balaban J connectivity index is 2.32. The predicted octanol–water partition coefficient (Wildman–Crippen LogP) is 3.40. The van der Waals surface area contributed by atoms with Gasteiger partial charge in [0.15, 0.2) is 0 Å². The Morgan fingerprint density at radius 1 is 0.941 bits per heavy atom. The molecule has 0 spiro atoms. The number of nitrogens with one attached hydrogen (secondary N) is 2. The highest BCUT2D eigenvalue weighted by Crippen LogP contribution is 2.45. The lowest BCUT2D eigenvalue weighted by atomic mass is 10.0. The molecule has 0 aliphatic carbocycles. The van der Waals surface area contributed by atoms with Gasteiger partial charge >= 0.3 is 5.97 Å². The van der Waals surface area contributed by atoms with E-state index in [-0.39, 0.29) is 12.8 Å². The van der Waals surface area contributed by atoms with Crippen LogP contribution in [0.15, 0.2) is 60.7 Å². The lowest BCUT2D eigenvalue weighted by molar-refractivity contribution is -0.158.